The largest absolute Gasteiger partial charge is 0.475 e. The van der Waals surface area contributed by atoms with Gasteiger partial charge in [-0.3, -0.25) is 4.79 Å². The van der Waals surface area contributed by atoms with Crippen LogP contribution in [0.5, 0.6) is 0 Å². The molecule has 0 saturated carbocycles. The van der Waals surface area contributed by atoms with Crippen LogP contribution in [0.15, 0.2) is 0 Å². The van der Waals surface area contributed by atoms with E-state index in [9.17, 15) is 14.4 Å². The van der Waals surface area contributed by atoms with E-state index in [0.717, 1.165) is 0 Å². The molecule has 0 unspecified atom stereocenters. The number of carbonyl (C=O) groups excluding carboxylic acids is 1. The fraction of sp³-hybridized carbons (Fsp3) is 0. The van der Waals surface area contributed by atoms with E-state index in [1.165, 1.54) is 0 Å². The maximum Gasteiger partial charge on any atom is 0.384 e. The first-order valence-electron chi connectivity index (χ1n) is 1.56. The summed E-state index contributed by atoms with van der Waals surface area (Å²) in [6.45, 7) is 0. The van der Waals surface area contributed by atoms with Gasteiger partial charge in [0.25, 0.3) is 0 Å². The van der Waals surface area contributed by atoms with Crippen LogP contribution in [-0.4, -0.2) is 51.0 Å². The van der Waals surface area contributed by atoms with E-state index < -0.39 is 17.7 Å². The van der Waals surface area contributed by atoms with Crippen LogP contribution in [0.1, 0.15) is 0 Å². The highest BCUT2D eigenvalue weighted by molar-refractivity contribution is 6.59. The third kappa shape index (κ3) is 3.92. The Morgan fingerprint density at radius 2 is 1.11 bits per heavy atom. The monoisotopic (exact) mass is 144 g/mol. The highest BCUT2D eigenvalue weighted by atomic mass is 24.3. The summed E-state index contributed by atoms with van der Waals surface area (Å²) in [7, 11) is 0. The third-order valence-corrected chi connectivity index (χ3v) is 0.388. The second kappa shape index (κ2) is 4.27. The molecule has 2 N–H and O–H groups in total. The van der Waals surface area contributed by atoms with Crippen molar-refractivity contribution in [1.82, 2.24) is 0 Å². The first kappa shape index (κ1) is 11.2. The molecule has 0 saturated heterocycles. The lowest BCUT2D eigenvalue weighted by molar-refractivity contribution is -0.159. The first-order chi connectivity index (χ1) is 3.55. The average Bonchev–Trinajstić information content (AvgIpc) is 1.64. The number of ketones is 1. The zero-order chi connectivity index (χ0) is 6.73. The molecule has 9 heavy (non-hydrogen) atoms. The van der Waals surface area contributed by atoms with Crippen molar-refractivity contribution in [3.8, 4) is 0 Å². The lowest BCUT2D eigenvalue weighted by atomic mass is 10.4. The third-order valence-electron chi connectivity index (χ3n) is 0.388. The highest BCUT2D eigenvalue weighted by Gasteiger charge is 2.19. The van der Waals surface area contributed by atoms with Crippen molar-refractivity contribution in [3.05, 3.63) is 0 Å². The van der Waals surface area contributed by atoms with Crippen LogP contribution < -0.4 is 0 Å². The van der Waals surface area contributed by atoms with Crippen molar-refractivity contribution in [2.24, 2.45) is 0 Å². The smallest absolute Gasteiger partial charge is 0.384 e. The Morgan fingerprint density at radius 1 is 0.889 bits per heavy atom. The van der Waals surface area contributed by atoms with Gasteiger partial charge in [-0.15, -0.1) is 0 Å². The fourth-order valence-corrected chi connectivity index (χ4v) is 0.0915. The number of Topliss-reactive ketones (excluding diaryl/α,β-unsaturated/α-hetero) is 1. The van der Waals surface area contributed by atoms with Crippen molar-refractivity contribution in [2.45, 2.75) is 0 Å². The second-order valence-electron chi connectivity index (χ2n) is 0.939. The van der Waals surface area contributed by atoms with E-state index in [0.29, 0.717) is 0 Å². The van der Waals surface area contributed by atoms with Gasteiger partial charge in [-0.05, 0) is 0 Å². The summed E-state index contributed by atoms with van der Waals surface area (Å²) in [5, 5.41) is 15.2. The molecular weight excluding hydrogens is 140 g/mol. The molecule has 0 bridgehead atoms. The van der Waals surface area contributed by atoms with Crippen LogP contribution in [0, 0.1) is 0 Å². The van der Waals surface area contributed by atoms with Crippen LogP contribution in [0.3, 0.4) is 0 Å². The molecule has 0 aromatic carbocycles. The molecule has 0 aromatic heterocycles. The minimum absolute atomic E-state index is 0. The van der Waals surface area contributed by atoms with Gasteiger partial charge in [0.05, 0.1) is 0 Å². The van der Waals surface area contributed by atoms with E-state index in [4.69, 9.17) is 10.2 Å². The maximum absolute atomic E-state index is 9.64. The van der Waals surface area contributed by atoms with Gasteiger partial charge < -0.3 is 10.2 Å². The molecule has 0 aliphatic rings. The molecule has 0 aliphatic heterocycles. The standard InChI is InChI=1S/C3H2O5.Mg.2H/c4-1(2(5)6)3(7)8;;;/h(H,5,6)(H,7,8);;;. The van der Waals surface area contributed by atoms with Crippen molar-refractivity contribution in [3.63, 3.8) is 0 Å². The predicted octanol–water partition coefficient (Wildman–Crippen LogP) is -2.19. The Bertz CT molecular complexity index is 134. The van der Waals surface area contributed by atoms with E-state index in [1.807, 2.05) is 0 Å². The highest BCUT2D eigenvalue weighted by Crippen LogP contribution is 1.69. The zero-order valence-electron chi connectivity index (χ0n) is 3.62. The Hall–Kier alpha value is -0.624. The molecule has 48 valence electrons. The van der Waals surface area contributed by atoms with Crippen molar-refractivity contribution in [2.75, 3.05) is 0 Å². The molecule has 0 heterocycles. The predicted molar refractivity (Wildman–Crippen MR) is 28.8 cm³/mol. The number of carboxylic acid groups (broad SMARTS) is 2. The van der Waals surface area contributed by atoms with Gasteiger partial charge in [-0.1, -0.05) is 0 Å². The quantitative estimate of drug-likeness (QED) is 0.261. The minimum Gasteiger partial charge on any atom is -0.475 e. The van der Waals surface area contributed by atoms with Crippen LogP contribution >= 0.6 is 0 Å². The van der Waals surface area contributed by atoms with Gasteiger partial charge in [-0.2, -0.15) is 0 Å². The number of hydrogen-bond acceptors (Lipinski definition) is 3. The summed E-state index contributed by atoms with van der Waals surface area (Å²) in [6, 6.07) is 0. The van der Waals surface area contributed by atoms with Crippen molar-refractivity contribution >= 4 is 40.8 Å². The molecule has 0 spiro atoms. The lowest BCUT2D eigenvalue weighted by Crippen LogP contribution is -2.22. The molecule has 0 atom stereocenters. The summed E-state index contributed by atoms with van der Waals surface area (Å²) in [6.07, 6.45) is 0. The number of hydrogen-bond donors (Lipinski definition) is 2. The van der Waals surface area contributed by atoms with Gasteiger partial charge in [0.2, 0.25) is 0 Å². The van der Waals surface area contributed by atoms with E-state index in [-0.39, 0.29) is 23.1 Å². The molecule has 0 rings (SSSR count). The Morgan fingerprint density at radius 3 is 1.11 bits per heavy atom. The molecule has 5 nitrogen and oxygen atoms in total. The Labute approximate surface area is 65.8 Å². The van der Waals surface area contributed by atoms with E-state index in [1.54, 1.807) is 0 Å². The van der Waals surface area contributed by atoms with Gasteiger partial charge in [0.15, 0.2) is 0 Å². The SMILES string of the molecule is O=C(O)C(=O)C(=O)O.[MgH2]. The average molecular weight is 144 g/mol. The van der Waals surface area contributed by atoms with Gasteiger partial charge in [-0.25, -0.2) is 9.59 Å². The molecule has 0 radical (unpaired) electrons. The Kier molecular flexibility index (Phi) is 5.32. The number of aliphatic carboxylic acids is 2. The minimum atomic E-state index is -1.95. The zero-order valence-corrected chi connectivity index (χ0v) is 3.62. The second-order valence-corrected chi connectivity index (χ2v) is 0.939. The lowest BCUT2D eigenvalue weighted by Gasteiger charge is -1.80. The van der Waals surface area contributed by atoms with Crippen LogP contribution in [-0.2, 0) is 14.4 Å². The molecule has 6 heteroatoms. The van der Waals surface area contributed by atoms with Crippen molar-refractivity contribution in [1.29, 1.82) is 0 Å². The molecular formula is C3H4MgO5. The van der Waals surface area contributed by atoms with Crippen LogP contribution in [0.4, 0.5) is 0 Å². The van der Waals surface area contributed by atoms with E-state index >= 15 is 0 Å². The summed E-state index contributed by atoms with van der Waals surface area (Å²) in [5.41, 5.74) is 0. The Balaban J connectivity index is 0. The number of rotatable bonds is 2. The van der Waals surface area contributed by atoms with Gasteiger partial charge in [0.1, 0.15) is 0 Å². The fourth-order valence-electron chi connectivity index (χ4n) is 0.0915. The summed E-state index contributed by atoms with van der Waals surface area (Å²) in [5.74, 6) is -5.71. The number of carboxylic acids is 2. The molecule has 0 amide bonds. The number of carbonyl (C=O) groups is 3. The topological polar surface area (TPSA) is 91.7 Å². The van der Waals surface area contributed by atoms with Gasteiger partial charge >= 0.3 is 40.8 Å². The first-order valence-corrected chi connectivity index (χ1v) is 1.56. The van der Waals surface area contributed by atoms with E-state index in [2.05, 4.69) is 0 Å². The normalized spacial score (nSPS) is 7.11. The van der Waals surface area contributed by atoms with Crippen LogP contribution in [0.2, 0.25) is 0 Å². The summed E-state index contributed by atoms with van der Waals surface area (Å²) < 4.78 is 0. The molecule has 0 aliphatic carbocycles. The van der Waals surface area contributed by atoms with Crippen LogP contribution in [0.25, 0.3) is 0 Å². The van der Waals surface area contributed by atoms with Crippen molar-refractivity contribution < 1.29 is 24.6 Å². The van der Waals surface area contributed by atoms with Gasteiger partial charge in [0, 0.05) is 0 Å². The maximum atomic E-state index is 9.64. The molecule has 0 fully saturated rings. The summed E-state index contributed by atoms with van der Waals surface area (Å²) >= 11 is 0. The summed E-state index contributed by atoms with van der Waals surface area (Å²) in [4.78, 5) is 28.5. The molecule has 0 aromatic rings.